The third kappa shape index (κ3) is 7.01. The molecule has 0 fully saturated rings. The Kier molecular flexibility index (Phi) is 6.91. The molecule has 0 bridgehead atoms. The standard InChI is InChI=1S/C5H7ClN2OS.C5H10O2/c1-7-5-8-4(9)3(2-6)10-5;1-5(2,3)7-4-6/h9H,2H2,1H3,(H,7,8);4H,1-3H3. The number of hydrogen-bond acceptors (Lipinski definition) is 6. The van der Waals surface area contributed by atoms with E-state index in [0.29, 0.717) is 22.4 Å². The second-order valence-electron chi connectivity index (χ2n) is 3.98. The Morgan fingerprint density at radius 1 is 1.59 bits per heavy atom. The van der Waals surface area contributed by atoms with Crippen LogP contribution in [0, 0.1) is 0 Å². The van der Waals surface area contributed by atoms with Crippen LogP contribution < -0.4 is 5.32 Å². The smallest absolute Gasteiger partial charge is 0.293 e. The van der Waals surface area contributed by atoms with E-state index in [1.165, 1.54) is 11.3 Å². The molecule has 0 aliphatic heterocycles. The molecule has 0 aliphatic carbocycles. The molecule has 1 rings (SSSR count). The number of alkyl halides is 1. The number of halogens is 1. The van der Waals surface area contributed by atoms with Gasteiger partial charge in [0, 0.05) is 7.05 Å². The number of nitrogens with zero attached hydrogens (tertiary/aromatic N) is 1. The molecule has 0 aromatic carbocycles. The first kappa shape index (κ1) is 16.0. The third-order valence-corrected chi connectivity index (χ3v) is 2.90. The Morgan fingerprint density at radius 2 is 2.18 bits per heavy atom. The van der Waals surface area contributed by atoms with E-state index in [0.717, 1.165) is 0 Å². The van der Waals surface area contributed by atoms with E-state index >= 15 is 0 Å². The summed E-state index contributed by atoms with van der Waals surface area (Å²) in [5.74, 6) is 0.343. The summed E-state index contributed by atoms with van der Waals surface area (Å²) in [5.41, 5.74) is -0.318. The van der Waals surface area contributed by atoms with E-state index in [2.05, 4.69) is 15.0 Å². The second kappa shape index (κ2) is 7.34. The molecule has 0 unspecified atom stereocenters. The number of aromatic hydroxyl groups is 1. The van der Waals surface area contributed by atoms with Gasteiger partial charge in [0.2, 0.25) is 5.88 Å². The number of anilines is 1. The molecule has 0 saturated carbocycles. The molecule has 1 aromatic heterocycles. The first-order valence-electron chi connectivity index (χ1n) is 4.88. The predicted molar refractivity (Wildman–Crippen MR) is 69.8 cm³/mol. The Bertz CT molecular complexity index is 350. The van der Waals surface area contributed by atoms with Crippen molar-refractivity contribution >= 4 is 34.5 Å². The number of carbonyl (C=O) groups excluding carboxylic acids is 1. The van der Waals surface area contributed by atoms with Gasteiger partial charge in [-0.15, -0.1) is 11.6 Å². The lowest BCUT2D eigenvalue weighted by atomic mass is 10.2. The summed E-state index contributed by atoms with van der Waals surface area (Å²) in [4.78, 5) is 14.1. The SMILES string of the molecule is CC(C)(C)OC=O.CNc1nc(O)c(CCl)s1. The highest BCUT2D eigenvalue weighted by molar-refractivity contribution is 7.16. The molecule has 1 aromatic rings. The molecule has 0 aliphatic rings. The largest absolute Gasteiger partial charge is 0.492 e. The fraction of sp³-hybridized carbons (Fsp3) is 0.600. The van der Waals surface area contributed by atoms with Gasteiger partial charge in [0.1, 0.15) is 5.60 Å². The monoisotopic (exact) mass is 280 g/mol. The Morgan fingerprint density at radius 3 is 2.35 bits per heavy atom. The van der Waals surface area contributed by atoms with Crippen molar-refractivity contribution in [1.29, 1.82) is 0 Å². The third-order valence-electron chi connectivity index (χ3n) is 1.41. The van der Waals surface area contributed by atoms with Crippen LogP contribution in [0.15, 0.2) is 0 Å². The maximum Gasteiger partial charge on any atom is 0.293 e. The zero-order valence-corrected chi connectivity index (χ0v) is 11.9. The lowest BCUT2D eigenvalue weighted by Gasteiger charge is -2.14. The molecule has 2 N–H and O–H groups in total. The van der Waals surface area contributed by atoms with Gasteiger partial charge >= 0.3 is 0 Å². The highest BCUT2D eigenvalue weighted by Gasteiger charge is 2.07. The summed E-state index contributed by atoms with van der Waals surface area (Å²) in [6.45, 7) is 5.92. The minimum absolute atomic E-state index is 0.0318. The molecule has 5 nitrogen and oxygen atoms in total. The molecule has 1 heterocycles. The van der Waals surface area contributed by atoms with Crippen molar-refractivity contribution in [2.24, 2.45) is 0 Å². The van der Waals surface area contributed by atoms with Gasteiger partial charge in [-0.2, -0.15) is 4.98 Å². The summed E-state index contributed by atoms with van der Waals surface area (Å²) in [6.07, 6.45) is 0. The maximum atomic E-state index is 9.60. The van der Waals surface area contributed by atoms with E-state index in [1.807, 2.05) is 20.8 Å². The number of carbonyl (C=O) groups is 1. The van der Waals surface area contributed by atoms with Crippen molar-refractivity contribution in [3.63, 3.8) is 0 Å². The summed E-state index contributed by atoms with van der Waals surface area (Å²) in [7, 11) is 1.75. The number of hydrogen-bond donors (Lipinski definition) is 2. The predicted octanol–water partition coefficient (Wildman–Crippen LogP) is 2.59. The lowest BCUT2D eigenvalue weighted by Crippen LogP contribution is -2.17. The summed E-state index contributed by atoms with van der Waals surface area (Å²) < 4.78 is 4.55. The van der Waals surface area contributed by atoms with Crippen molar-refractivity contribution < 1.29 is 14.6 Å². The average Bonchev–Trinajstić information content (AvgIpc) is 2.58. The molecule has 7 heteroatoms. The van der Waals surface area contributed by atoms with Crippen LogP contribution in [0.25, 0.3) is 0 Å². The zero-order valence-electron chi connectivity index (χ0n) is 10.3. The van der Waals surface area contributed by atoms with Crippen LogP contribution in [0.4, 0.5) is 5.13 Å². The number of rotatable bonds is 3. The van der Waals surface area contributed by atoms with E-state index < -0.39 is 0 Å². The fourth-order valence-corrected chi connectivity index (χ4v) is 1.62. The van der Waals surface area contributed by atoms with Gasteiger partial charge in [0.25, 0.3) is 6.47 Å². The fourth-order valence-electron chi connectivity index (χ4n) is 0.682. The molecule has 98 valence electrons. The average molecular weight is 281 g/mol. The highest BCUT2D eigenvalue weighted by atomic mass is 35.5. The Labute approximate surface area is 110 Å². The Balaban J connectivity index is 0.000000325. The van der Waals surface area contributed by atoms with Gasteiger partial charge in [-0.05, 0) is 20.8 Å². The Hall–Kier alpha value is -1.01. The topological polar surface area (TPSA) is 71.5 Å². The van der Waals surface area contributed by atoms with Gasteiger partial charge in [-0.25, -0.2) is 0 Å². The van der Waals surface area contributed by atoms with Crippen LogP contribution >= 0.6 is 22.9 Å². The molecule has 0 amide bonds. The maximum absolute atomic E-state index is 9.60. The first-order chi connectivity index (χ1) is 7.84. The van der Waals surface area contributed by atoms with Gasteiger partial charge in [0.05, 0.1) is 10.8 Å². The van der Waals surface area contributed by atoms with Crippen LogP contribution in [-0.2, 0) is 15.4 Å². The van der Waals surface area contributed by atoms with Gasteiger partial charge in [0.15, 0.2) is 5.13 Å². The van der Waals surface area contributed by atoms with Crippen molar-refractivity contribution in [3.8, 4) is 5.88 Å². The van der Waals surface area contributed by atoms with E-state index in [1.54, 1.807) is 7.05 Å². The number of aromatic nitrogens is 1. The lowest BCUT2D eigenvalue weighted by molar-refractivity contribution is -0.138. The molecule has 0 saturated heterocycles. The van der Waals surface area contributed by atoms with Gasteiger partial charge in [-0.1, -0.05) is 11.3 Å². The molecular formula is C10H17ClN2O3S. The molecular weight excluding hydrogens is 264 g/mol. The quantitative estimate of drug-likeness (QED) is 0.658. The van der Waals surface area contributed by atoms with Crippen LogP contribution in [0.5, 0.6) is 5.88 Å². The normalized spacial score (nSPS) is 10.2. The van der Waals surface area contributed by atoms with Crippen LogP contribution in [0.2, 0.25) is 0 Å². The zero-order chi connectivity index (χ0) is 13.5. The van der Waals surface area contributed by atoms with E-state index in [9.17, 15) is 4.79 Å². The second-order valence-corrected chi connectivity index (χ2v) is 5.33. The van der Waals surface area contributed by atoms with Crippen LogP contribution in [-0.4, -0.2) is 29.2 Å². The van der Waals surface area contributed by atoms with Crippen molar-refractivity contribution in [2.75, 3.05) is 12.4 Å². The number of nitrogens with one attached hydrogen (secondary N) is 1. The number of ether oxygens (including phenoxy) is 1. The van der Waals surface area contributed by atoms with E-state index in [-0.39, 0.29) is 11.5 Å². The van der Waals surface area contributed by atoms with Crippen molar-refractivity contribution in [3.05, 3.63) is 4.88 Å². The summed E-state index contributed by atoms with van der Waals surface area (Å²) in [6, 6.07) is 0. The first-order valence-corrected chi connectivity index (χ1v) is 6.23. The minimum atomic E-state index is -0.318. The van der Waals surface area contributed by atoms with Crippen LogP contribution in [0.3, 0.4) is 0 Å². The molecule has 0 atom stereocenters. The highest BCUT2D eigenvalue weighted by Crippen LogP contribution is 2.28. The molecule has 0 spiro atoms. The molecule has 17 heavy (non-hydrogen) atoms. The van der Waals surface area contributed by atoms with Crippen molar-refractivity contribution in [2.45, 2.75) is 32.3 Å². The van der Waals surface area contributed by atoms with Gasteiger partial charge in [-0.3, -0.25) is 4.79 Å². The number of thiazole rings is 1. The summed E-state index contributed by atoms with van der Waals surface area (Å²) >= 11 is 6.84. The van der Waals surface area contributed by atoms with Crippen molar-refractivity contribution in [1.82, 2.24) is 4.98 Å². The van der Waals surface area contributed by atoms with Gasteiger partial charge < -0.3 is 15.2 Å². The van der Waals surface area contributed by atoms with Crippen LogP contribution in [0.1, 0.15) is 25.6 Å². The minimum Gasteiger partial charge on any atom is -0.492 e. The molecule has 0 radical (unpaired) electrons. The van der Waals surface area contributed by atoms with E-state index in [4.69, 9.17) is 16.7 Å². The summed E-state index contributed by atoms with van der Waals surface area (Å²) in [5, 5.41) is 12.5.